The molecule has 2 rings (SSSR count). The van der Waals surface area contributed by atoms with E-state index in [9.17, 15) is 13.2 Å². The molecule has 1 N–H and O–H groups in total. The molecule has 1 nitrogen and oxygen atoms in total. The van der Waals surface area contributed by atoms with Gasteiger partial charge in [-0.15, -0.1) is 0 Å². The highest BCUT2D eigenvalue weighted by Gasteiger charge is 2.47. The van der Waals surface area contributed by atoms with Crippen LogP contribution in [0.15, 0.2) is 24.3 Å². The Morgan fingerprint density at radius 1 is 1.14 bits per heavy atom. The van der Waals surface area contributed by atoms with Crippen molar-refractivity contribution in [3.05, 3.63) is 35.4 Å². The van der Waals surface area contributed by atoms with Crippen molar-refractivity contribution < 1.29 is 13.2 Å². The van der Waals surface area contributed by atoms with E-state index in [1.54, 1.807) is 7.05 Å². The Morgan fingerprint density at radius 2 is 1.76 bits per heavy atom. The van der Waals surface area contributed by atoms with Crippen LogP contribution in [0.3, 0.4) is 0 Å². The average molecular weight is 299 g/mol. The molecule has 0 aliphatic heterocycles. The van der Waals surface area contributed by atoms with Crippen molar-refractivity contribution in [2.45, 2.75) is 51.2 Å². The minimum atomic E-state index is -4.08. The Bertz CT molecular complexity index is 438. The zero-order valence-corrected chi connectivity index (χ0v) is 12.7. The normalized spacial score (nSPS) is 24.8. The fraction of sp³-hybridized carbons (Fsp3) is 0.647. The Labute approximate surface area is 124 Å². The number of nitrogens with one attached hydrogen (secondary N) is 1. The van der Waals surface area contributed by atoms with Crippen molar-refractivity contribution in [1.29, 1.82) is 0 Å². The first-order chi connectivity index (χ1) is 9.91. The molecule has 3 atom stereocenters. The first kappa shape index (κ1) is 16.3. The van der Waals surface area contributed by atoms with Crippen molar-refractivity contribution in [2.75, 3.05) is 7.05 Å². The summed E-state index contributed by atoms with van der Waals surface area (Å²) in [5.41, 5.74) is 2.28. The Morgan fingerprint density at radius 3 is 2.33 bits per heavy atom. The van der Waals surface area contributed by atoms with Crippen LogP contribution in [0.5, 0.6) is 0 Å². The number of hydrogen-bond donors (Lipinski definition) is 1. The predicted octanol–water partition coefficient (Wildman–Crippen LogP) is 4.49. The molecule has 1 aliphatic rings. The summed E-state index contributed by atoms with van der Waals surface area (Å²) in [5, 5.41) is 3.14. The SMILES string of the molecule is CNC(Cc1ccc(C)cc1)C1CCCCC1C(F)(F)F. The lowest BCUT2D eigenvalue weighted by atomic mass is 9.73. The van der Waals surface area contributed by atoms with E-state index in [0.29, 0.717) is 19.3 Å². The molecule has 1 aliphatic carbocycles. The van der Waals surface area contributed by atoms with Crippen LogP contribution in [-0.4, -0.2) is 19.3 Å². The number of alkyl halides is 3. The highest BCUT2D eigenvalue weighted by Crippen LogP contribution is 2.43. The van der Waals surface area contributed by atoms with Crippen LogP contribution in [0.25, 0.3) is 0 Å². The van der Waals surface area contributed by atoms with Gasteiger partial charge in [0.15, 0.2) is 0 Å². The molecule has 0 amide bonds. The summed E-state index contributed by atoms with van der Waals surface area (Å²) in [6.45, 7) is 2.01. The second-order valence-electron chi connectivity index (χ2n) is 6.18. The molecule has 1 saturated carbocycles. The van der Waals surface area contributed by atoms with Gasteiger partial charge in [-0.2, -0.15) is 13.2 Å². The monoisotopic (exact) mass is 299 g/mol. The number of benzene rings is 1. The molecule has 0 heterocycles. The van der Waals surface area contributed by atoms with Gasteiger partial charge in [0.2, 0.25) is 0 Å². The first-order valence-electron chi connectivity index (χ1n) is 7.71. The van der Waals surface area contributed by atoms with Crippen LogP contribution in [0.1, 0.15) is 36.8 Å². The number of rotatable bonds is 4. The molecular formula is C17H24F3N. The largest absolute Gasteiger partial charge is 0.392 e. The predicted molar refractivity (Wildman–Crippen MR) is 79.2 cm³/mol. The average Bonchev–Trinajstić information content (AvgIpc) is 2.46. The summed E-state index contributed by atoms with van der Waals surface area (Å²) >= 11 is 0. The van der Waals surface area contributed by atoms with E-state index in [-0.39, 0.29) is 18.4 Å². The molecule has 3 unspecified atom stereocenters. The standard InChI is InChI=1S/C17H24F3N/c1-12-7-9-13(10-8-12)11-16(21-2)14-5-3-4-6-15(14)17(18,19)20/h7-10,14-16,21H,3-6,11H2,1-2H3. The summed E-state index contributed by atoms with van der Waals surface area (Å²) in [6.07, 6.45) is -0.867. The van der Waals surface area contributed by atoms with Gasteiger partial charge in [-0.25, -0.2) is 0 Å². The molecule has 118 valence electrons. The number of hydrogen-bond acceptors (Lipinski definition) is 1. The molecule has 1 aromatic carbocycles. The quantitative estimate of drug-likeness (QED) is 0.863. The topological polar surface area (TPSA) is 12.0 Å². The maximum atomic E-state index is 13.3. The van der Waals surface area contributed by atoms with Crippen LogP contribution in [0, 0.1) is 18.8 Å². The highest BCUT2D eigenvalue weighted by atomic mass is 19.4. The summed E-state index contributed by atoms with van der Waals surface area (Å²) in [6, 6.07) is 7.96. The highest BCUT2D eigenvalue weighted by molar-refractivity contribution is 5.22. The van der Waals surface area contributed by atoms with Gasteiger partial charge in [-0.1, -0.05) is 42.7 Å². The second-order valence-corrected chi connectivity index (χ2v) is 6.18. The minimum absolute atomic E-state index is 0.111. The summed E-state index contributed by atoms with van der Waals surface area (Å²) in [7, 11) is 1.78. The van der Waals surface area contributed by atoms with Gasteiger partial charge in [-0.3, -0.25) is 0 Å². The summed E-state index contributed by atoms with van der Waals surface area (Å²) < 4.78 is 39.8. The first-order valence-corrected chi connectivity index (χ1v) is 7.71. The van der Waals surface area contributed by atoms with E-state index in [1.807, 2.05) is 31.2 Å². The summed E-state index contributed by atoms with van der Waals surface area (Å²) in [4.78, 5) is 0. The van der Waals surface area contributed by atoms with E-state index < -0.39 is 12.1 Å². The molecule has 0 saturated heterocycles. The lowest BCUT2D eigenvalue weighted by Crippen LogP contribution is -2.45. The van der Waals surface area contributed by atoms with Crippen LogP contribution >= 0.6 is 0 Å². The van der Waals surface area contributed by atoms with Crippen LogP contribution in [-0.2, 0) is 6.42 Å². The Kier molecular flexibility index (Phi) is 5.31. The van der Waals surface area contributed by atoms with Gasteiger partial charge in [0.05, 0.1) is 5.92 Å². The van der Waals surface area contributed by atoms with Crippen molar-refractivity contribution >= 4 is 0 Å². The molecule has 1 fully saturated rings. The smallest absolute Gasteiger partial charge is 0.316 e. The molecule has 0 spiro atoms. The molecule has 0 bridgehead atoms. The van der Waals surface area contributed by atoms with Crippen LogP contribution in [0.4, 0.5) is 13.2 Å². The third-order valence-corrected chi connectivity index (χ3v) is 4.70. The third-order valence-electron chi connectivity index (χ3n) is 4.70. The molecule has 0 radical (unpaired) electrons. The van der Waals surface area contributed by atoms with Gasteiger partial charge in [0.25, 0.3) is 0 Å². The molecular weight excluding hydrogens is 275 g/mol. The fourth-order valence-electron chi connectivity index (χ4n) is 3.49. The number of likely N-dealkylation sites (N-methyl/N-ethyl adjacent to an activating group) is 1. The Hall–Kier alpha value is -1.03. The van der Waals surface area contributed by atoms with Crippen LogP contribution < -0.4 is 5.32 Å². The third kappa shape index (κ3) is 4.22. The summed E-state index contributed by atoms with van der Waals surface area (Å²) in [5.74, 6) is -1.47. The lowest BCUT2D eigenvalue weighted by Gasteiger charge is -2.38. The van der Waals surface area contributed by atoms with Gasteiger partial charge < -0.3 is 5.32 Å². The van der Waals surface area contributed by atoms with Gasteiger partial charge >= 0.3 is 6.18 Å². The molecule has 1 aromatic rings. The maximum Gasteiger partial charge on any atom is 0.392 e. The number of halogens is 3. The minimum Gasteiger partial charge on any atom is -0.316 e. The zero-order valence-electron chi connectivity index (χ0n) is 12.7. The van der Waals surface area contributed by atoms with Crippen LogP contribution in [0.2, 0.25) is 0 Å². The zero-order chi connectivity index (χ0) is 15.5. The van der Waals surface area contributed by atoms with E-state index in [4.69, 9.17) is 0 Å². The van der Waals surface area contributed by atoms with E-state index in [0.717, 1.165) is 12.0 Å². The number of aryl methyl sites for hydroxylation is 1. The van der Waals surface area contributed by atoms with Crippen molar-refractivity contribution in [2.24, 2.45) is 11.8 Å². The van der Waals surface area contributed by atoms with Crippen molar-refractivity contribution in [1.82, 2.24) is 5.32 Å². The van der Waals surface area contributed by atoms with E-state index in [2.05, 4.69) is 5.32 Å². The fourth-order valence-corrected chi connectivity index (χ4v) is 3.49. The van der Waals surface area contributed by atoms with Crippen molar-refractivity contribution in [3.63, 3.8) is 0 Å². The second kappa shape index (κ2) is 6.82. The van der Waals surface area contributed by atoms with E-state index in [1.165, 1.54) is 5.56 Å². The lowest BCUT2D eigenvalue weighted by molar-refractivity contribution is -0.199. The van der Waals surface area contributed by atoms with Gasteiger partial charge in [0, 0.05) is 6.04 Å². The molecule has 0 aromatic heterocycles. The van der Waals surface area contributed by atoms with Gasteiger partial charge in [-0.05, 0) is 44.7 Å². The molecule has 4 heteroatoms. The van der Waals surface area contributed by atoms with Gasteiger partial charge in [0.1, 0.15) is 0 Å². The van der Waals surface area contributed by atoms with E-state index >= 15 is 0 Å². The maximum absolute atomic E-state index is 13.3. The molecule has 21 heavy (non-hydrogen) atoms. The van der Waals surface area contributed by atoms with Crippen molar-refractivity contribution in [3.8, 4) is 0 Å². The Balaban J connectivity index is 2.12.